The fraction of sp³-hybridized carbons (Fsp3) is 0.0833. The van der Waals surface area contributed by atoms with Crippen molar-refractivity contribution in [3.05, 3.63) is 62.7 Å². The van der Waals surface area contributed by atoms with Crippen LogP contribution in [0, 0.1) is 0 Å². The van der Waals surface area contributed by atoms with Crippen molar-refractivity contribution in [2.24, 2.45) is 0 Å². The smallest absolute Gasteiger partial charge is 0.262 e. The van der Waals surface area contributed by atoms with Crippen molar-refractivity contribution in [2.45, 2.75) is 6.54 Å². The predicted octanol–water partition coefficient (Wildman–Crippen LogP) is 3.25. The molecule has 0 aliphatic rings. The Morgan fingerprint density at radius 1 is 1.38 bits per heavy atom. The van der Waals surface area contributed by atoms with Crippen LogP contribution in [0.5, 0.6) is 0 Å². The van der Waals surface area contributed by atoms with E-state index >= 15 is 0 Å². The van der Waals surface area contributed by atoms with Crippen LogP contribution in [0.3, 0.4) is 0 Å². The van der Waals surface area contributed by atoms with Crippen LogP contribution >= 0.6 is 23.1 Å². The van der Waals surface area contributed by atoms with Crippen LogP contribution in [0.1, 0.15) is 11.1 Å². The molecule has 0 aliphatic heterocycles. The Morgan fingerprint density at radius 2 is 2.06 bits per heavy atom. The van der Waals surface area contributed by atoms with Gasteiger partial charge in [0.1, 0.15) is 4.34 Å². The second-order valence-corrected chi connectivity index (χ2v) is 5.05. The van der Waals surface area contributed by atoms with Crippen LogP contribution in [-0.4, -0.2) is 3.96 Å². The van der Waals surface area contributed by atoms with Crippen LogP contribution in [0.15, 0.2) is 41.7 Å². The Bertz CT molecular complexity index is 553. The number of nitrogens with zero attached hydrogens (tertiary/aromatic N) is 1. The standard InChI is InChI=1S/C12H10ClNOS/c1-2-9-3-5-10(6-4-9)8-14-12(15)7-11(13)16-14/h2-7H,1,8H2. The summed E-state index contributed by atoms with van der Waals surface area (Å²) in [6.45, 7) is 4.25. The van der Waals surface area contributed by atoms with Crippen LogP contribution in [0.2, 0.25) is 4.34 Å². The van der Waals surface area contributed by atoms with E-state index in [2.05, 4.69) is 6.58 Å². The zero-order chi connectivity index (χ0) is 11.5. The van der Waals surface area contributed by atoms with Gasteiger partial charge in [0, 0.05) is 6.07 Å². The summed E-state index contributed by atoms with van der Waals surface area (Å²) in [5, 5.41) is 0. The summed E-state index contributed by atoms with van der Waals surface area (Å²) in [5.74, 6) is 0. The van der Waals surface area contributed by atoms with E-state index in [1.165, 1.54) is 17.6 Å². The molecule has 2 aromatic rings. The summed E-state index contributed by atoms with van der Waals surface area (Å²) in [5.41, 5.74) is 2.09. The molecular weight excluding hydrogens is 242 g/mol. The van der Waals surface area contributed by atoms with Gasteiger partial charge in [-0.2, -0.15) is 0 Å². The molecule has 2 rings (SSSR count). The van der Waals surface area contributed by atoms with Gasteiger partial charge in [-0.05, 0) is 22.7 Å². The van der Waals surface area contributed by atoms with Crippen LogP contribution in [0.25, 0.3) is 6.08 Å². The number of hydrogen-bond donors (Lipinski definition) is 0. The molecule has 2 nitrogen and oxygen atoms in total. The minimum atomic E-state index is -0.0530. The molecule has 0 fully saturated rings. The SMILES string of the molecule is C=Cc1ccc(Cn2sc(Cl)cc2=O)cc1. The molecule has 1 aromatic carbocycles. The number of rotatable bonds is 3. The number of halogens is 1. The van der Waals surface area contributed by atoms with Gasteiger partial charge in [0.25, 0.3) is 5.56 Å². The van der Waals surface area contributed by atoms with Crippen LogP contribution < -0.4 is 5.56 Å². The van der Waals surface area contributed by atoms with Crippen molar-refractivity contribution in [3.63, 3.8) is 0 Å². The molecule has 1 heterocycles. The van der Waals surface area contributed by atoms with E-state index in [1.54, 1.807) is 10.0 Å². The van der Waals surface area contributed by atoms with Gasteiger partial charge in [-0.15, -0.1) is 0 Å². The summed E-state index contributed by atoms with van der Waals surface area (Å²) in [6, 6.07) is 9.35. The maximum atomic E-state index is 11.4. The van der Waals surface area contributed by atoms with Gasteiger partial charge in [-0.25, -0.2) is 0 Å². The minimum Gasteiger partial charge on any atom is -0.268 e. The molecule has 0 amide bonds. The topological polar surface area (TPSA) is 22.0 Å². The van der Waals surface area contributed by atoms with Gasteiger partial charge in [0.15, 0.2) is 0 Å². The lowest BCUT2D eigenvalue weighted by Crippen LogP contribution is -2.12. The number of aromatic nitrogens is 1. The molecule has 0 bridgehead atoms. The zero-order valence-electron chi connectivity index (χ0n) is 8.52. The fourth-order valence-corrected chi connectivity index (χ4v) is 2.44. The molecule has 0 radical (unpaired) electrons. The van der Waals surface area contributed by atoms with Gasteiger partial charge >= 0.3 is 0 Å². The summed E-state index contributed by atoms with van der Waals surface area (Å²) in [6.07, 6.45) is 1.79. The Balaban J connectivity index is 2.23. The second kappa shape index (κ2) is 4.68. The molecule has 0 saturated heterocycles. The average molecular weight is 252 g/mol. The Hall–Kier alpha value is -1.32. The molecule has 0 N–H and O–H groups in total. The Kier molecular flexibility index (Phi) is 3.27. The zero-order valence-corrected chi connectivity index (χ0v) is 10.1. The van der Waals surface area contributed by atoms with E-state index in [1.807, 2.05) is 24.3 Å². The molecule has 0 saturated carbocycles. The highest BCUT2D eigenvalue weighted by atomic mass is 35.5. The molecular formula is C12H10ClNOS. The van der Waals surface area contributed by atoms with Crippen LogP contribution in [0.4, 0.5) is 0 Å². The van der Waals surface area contributed by atoms with Gasteiger partial charge in [0.2, 0.25) is 0 Å². The molecule has 0 unspecified atom stereocenters. The average Bonchev–Trinajstić information content (AvgIpc) is 2.59. The molecule has 0 spiro atoms. The van der Waals surface area contributed by atoms with E-state index in [-0.39, 0.29) is 5.56 Å². The van der Waals surface area contributed by atoms with Crippen molar-refractivity contribution in [3.8, 4) is 0 Å². The number of hydrogen-bond acceptors (Lipinski definition) is 2. The van der Waals surface area contributed by atoms with Crippen molar-refractivity contribution < 1.29 is 0 Å². The molecule has 16 heavy (non-hydrogen) atoms. The summed E-state index contributed by atoms with van der Waals surface area (Å²) >= 11 is 7.03. The summed E-state index contributed by atoms with van der Waals surface area (Å²) < 4.78 is 2.15. The van der Waals surface area contributed by atoms with E-state index in [0.717, 1.165) is 11.1 Å². The largest absolute Gasteiger partial charge is 0.268 e. The monoisotopic (exact) mass is 251 g/mol. The quantitative estimate of drug-likeness (QED) is 0.821. The summed E-state index contributed by atoms with van der Waals surface area (Å²) in [7, 11) is 0. The lowest BCUT2D eigenvalue weighted by Gasteiger charge is -2.01. The van der Waals surface area contributed by atoms with Gasteiger partial charge < -0.3 is 0 Å². The van der Waals surface area contributed by atoms with Crippen molar-refractivity contribution in [1.82, 2.24) is 3.96 Å². The van der Waals surface area contributed by atoms with Crippen molar-refractivity contribution >= 4 is 29.2 Å². The third-order valence-corrected chi connectivity index (χ3v) is 3.36. The third-order valence-electron chi connectivity index (χ3n) is 2.22. The maximum Gasteiger partial charge on any atom is 0.262 e. The van der Waals surface area contributed by atoms with Crippen molar-refractivity contribution in [2.75, 3.05) is 0 Å². The second-order valence-electron chi connectivity index (χ2n) is 3.36. The molecule has 4 heteroatoms. The lowest BCUT2D eigenvalue weighted by atomic mass is 10.1. The highest BCUT2D eigenvalue weighted by molar-refractivity contribution is 7.11. The van der Waals surface area contributed by atoms with E-state index in [0.29, 0.717) is 10.9 Å². The third kappa shape index (κ3) is 2.43. The van der Waals surface area contributed by atoms with E-state index in [9.17, 15) is 4.79 Å². The predicted molar refractivity (Wildman–Crippen MR) is 69.2 cm³/mol. The molecule has 0 aliphatic carbocycles. The first-order valence-corrected chi connectivity index (χ1v) is 5.92. The van der Waals surface area contributed by atoms with Gasteiger partial charge in [-0.3, -0.25) is 8.75 Å². The first-order valence-electron chi connectivity index (χ1n) is 4.77. The van der Waals surface area contributed by atoms with Crippen LogP contribution in [-0.2, 0) is 6.54 Å². The molecule has 82 valence electrons. The maximum absolute atomic E-state index is 11.4. The Morgan fingerprint density at radius 3 is 2.56 bits per heavy atom. The lowest BCUT2D eigenvalue weighted by molar-refractivity contribution is 0.849. The first kappa shape index (κ1) is 11.2. The van der Waals surface area contributed by atoms with E-state index < -0.39 is 0 Å². The van der Waals surface area contributed by atoms with Gasteiger partial charge in [-0.1, -0.05) is 48.5 Å². The van der Waals surface area contributed by atoms with E-state index in [4.69, 9.17) is 11.6 Å². The first-order chi connectivity index (χ1) is 7.69. The summed E-state index contributed by atoms with van der Waals surface area (Å²) in [4.78, 5) is 11.4. The highest BCUT2D eigenvalue weighted by Crippen LogP contribution is 2.14. The molecule has 1 aromatic heterocycles. The number of benzene rings is 1. The highest BCUT2D eigenvalue weighted by Gasteiger charge is 2.02. The minimum absolute atomic E-state index is 0.0530. The fourth-order valence-electron chi connectivity index (χ4n) is 1.38. The van der Waals surface area contributed by atoms with Crippen molar-refractivity contribution in [1.29, 1.82) is 0 Å². The van der Waals surface area contributed by atoms with Gasteiger partial charge in [0.05, 0.1) is 6.54 Å². The Labute approximate surface area is 103 Å². The normalized spacial score (nSPS) is 10.3. The molecule has 0 atom stereocenters.